The van der Waals surface area contributed by atoms with Gasteiger partial charge in [0.2, 0.25) is 5.91 Å². The van der Waals surface area contributed by atoms with E-state index >= 15 is 0 Å². The van der Waals surface area contributed by atoms with Crippen LogP contribution in [0.3, 0.4) is 0 Å². The van der Waals surface area contributed by atoms with Gasteiger partial charge in [-0.05, 0) is 31.5 Å². The maximum Gasteiger partial charge on any atom is 0.416 e. The number of aromatic amines is 1. The number of carbonyl (C=O) groups is 1. The fourth-order valence-electron chi connectivity index (χ4n) is 2.82. The fourth-order valence-corrected chi connectivity index (χ4v) is 3.65. The molecule has 1 aromatic carbocycles. The number of nitrogens with two attached hydrogens (primary N) is 1. The lowest BCUT2D eigenvalue weighted by Crippen LogP contribution is -2.41. The second-order valence-corrected chi connectivity index (χ2v) is 7.50. The summed E-state index contributed by atoms with van der Waals surface area (Å²) in [6.45, 7) is 3.95. The molecule has 0 saturated carbocycles. The van der Waals surface area contributed by atoms with Crippen LogP contribution in [-0.4, -0.2) is 27.8 Å². The number of anilines is 2. The maximum absolute atomic E-state index is 12.9. The van der Waals surface area contributed by atoms with Crippen LogP contribution >= 0.6 is 11.8 Å². The van der Waals surface area contributed by atoms with Crippen molar-refractivity contribution in [1.82, 2.24) is 9.55 Å². The van der Waals surface area contributed by atoms with Gasteiger partial charge in [0.25, 0.3) is 5.56 Å². The van der Waals surface area contributed by atoms with Gasteiger partial charge in [-0.2, -0.15) is 13.2 Å². The van der Waals surface area contributed by atoms with Crippen LogP contribution in [0.1, 0.15) is 32.3 Å². The summed E-state index contributed by atoms with van der Waals surface area (Å²) in [5.41, 5.74) is 3.64. The zero-order valence-corrected chi connectivity index (χ0v) is 17.4. The van der Waals surface area contributed by atoms with Crippen molar-refractivity contribution in [3.63, 3.8) is 0 Å². The van der Waals surface area contributed by atoms with E-state index in [1.165, 1.54) is 16.7 Å². The van der Waals surface area contributed by atoms with E-state index in [2.05, 4.69) is 4.98 Å². The monoisotopic (exact) mass is 444 g/mol. The van der Waals surface area contributed by atoms with Crippen LogP contribution in [0.5, 0.6) is 0 Å². The van der Waals surface area contributed by atoms with E-state index in [0.29, 0.717) is 6.42 Å². The summed E-state index contributed by atoms with van der Waals surface area (Å²) in [7, 11) is 0. The minimum atomic E-state index is -4.48. The number of rotatable bonds is 8. The predicted molar refractivity (Wildman–Crippen MR) is 111 cm³/mol. The number of H-pyrrole nitrogens is 1. The Morgan fingerprint density at radius 3 is 2.57 bits per heavy atom. The number of hydrogen-bond acceptors (Lipinski definition) is 5. The molecule has 1 aromatic heterocycles. The predicted octanol–water partition coefficient (Wildman–Crippen LogP) is 3.08. The quantitative estimate of drug-likeness (QED) is 0.610. The minimum absolute atomic E-state index is 0.0985. The highest BCUT2D eigenvalue weighted by atomic mass is 32.2. The number of nitrogen functional groups attached to an aromatic ring is 1. The van der Waals surface area contributed by atoms with E-state index in [-0.39, 0.29) is 35.2 Å². The largest absolute Gasteiger partial charge is 0.416 e. The first-order valence-electron chi connectivity index (χ1n) is 9.33. The van der Waals surface area contributed by atoms with Crippen molar-refractivity contribution >= 4 is 29.2 Å². The topological polar surface area (TPSA) is 101 Å². The molecule has 0 saturated heterocycles. The number of thioether (sulfide) groups is 1. The molecule has 11 heteroatoms. The lowest BCUT2D eigenvalue weighted by molar-refractivity contribution is -0.137. The summed E-state index contributed by atoms with van der Waals surface area (Å²) in [6, 6.07) is 4.64. The molecule has 0 spiro atoms. The van der Waals surface area contributed by atoms with Crippen molar-refractivity contribution in [2.75, 3.05) is 22.9 Å². The van der Waals surface area contributed by atoms with Gasteiger partial charge in [-0.15, -0.1) is 11.8 Å². The molecule has 0 bridgehead atoms. The van der Waals surface area contributed by atoms with E-state index in [1.54, 1.807) is 6.92 Å². The Hall–Kier alpha value is -2.69. The summed E-state index contributed by atoms with van der Waals surface area (Å²) in [5.74, 6) is -0.837. The van der Waals surface area contributed by atoms with Gasteiger partial charge in [0, 0.05) is 18.0 Å². The third-order valence-electron chi connectivity index (χ3n) is 4.36. The van der Waals surface area contributed by atoms with Gasteiger partial charge in [-0.1, -0.05) is 19.4 Å². The third kappa shape index (κ3) is 5.47. The summed E-state index contributed by atoms with van der Waals surface area (Å²) in [5, 5.41) is 0. The molecule has 1 heterocycles. The van der Waals surface area contributed by atoms with E-state index in [9.17, 15) is 27.6 Å². The van der Waals surface area contributed by atoms with Crippen molar-refractivity contribution < 1.29 is 18.0 Å². The molecule has 0 aliphatic heterocycles. The molecule has 30 heavy (non-hydrogen) atoms. The second-order valence-electron chi connectivity index (χ2n) is 6.45. The lowest BCUT2D eigenvalue weighted by Gasteiger charge is -2.23. The number of hydrogen-bond donors (Lipinski definition) is 2. The average Bonchev–Trinajstić information content (AvgIpc) is 2.68. The molecule has 3 N–H and O–H groups in total. The van der Waals surface area contributed by atoms with E-state index < -0.39 is 28.9 Å². The van der Waals surface area contributed by atoms with E-state index in [0.717, 1.165) is 35.2 Å². The van der Waals surface area contributed by atoms with Crippen LogP contribution in [0.25, 0.3) is 0 Å². The van der Waals surface area contributed by atoms with Gasteiger partial charge in [0.15, 0.2) is 5.69 Å². The standard InChI is InChI=1S/C19H23F3N4O3S/c1-3-5-9-26-16(23)15(17(28)24-18(26)29)25(4-2)14(27)11-30-13-8-6-7-12(10-13)19(20,21)22/h6-8,10H,3-5,9,11,23H2,1-2H3,(H,24,28,29). The van der Waals surface area contributed by atoms with Crippen molar-refractivity contribution in [1.29, 1.82) is 0 Å². The highest BCUT2D eigenvalue weighted by Gasteiger charge is 2.30. The Morgan fingerprint density at radius 2 is 1.97 bits per heavy atom. The summed E-state index contributed by atoms with van der Waals surface area (Å²) >= 11 is 0.917. The maximum atomic E-state index is 12.9. The van der Waals surface area contributed by atoms with Crippen molar-refractivity contribution in [3.05, 3.63) is 50.7 Å². The van der Waals surface area contributed by atoms with Crippen molar-refractivity contribution in [3.8, 4) is 0 Å². The van der Waals surface area contributed by atoms with Gasteiger partial charge in [0.05, 0.1) is 11.3 Å². The zero-order chi connectivity index (χ0) is 22.5. The number of unbranched alkanes of at least 4 members (excludes halogenated alkanes) is 1. The molecule has 0 aliphatic carbocycles. The Morgan fingerprint density at radius 1 is 1.27 bits per heavy atom. The molecular formula is C19H23F3N4O3S. The molecule has 7 nitrogen and oxygen atoms in total. The molecule has 0 unspecified atom stereocenters. The minimum Gasteiger partial charge on any atom is -0.383 e. The van der Waals surface area contributed by atoms with Crippen LogP contribution < -0.4 is 21.9 Å². The van der Waals surface area contributed by atoms with Crippen molar-refractivity contribution in [2.45, 2.75) is 44.3 Å². The van der Waals surface area contributed by atoms with Crippen LogP contribution in [0.2, 0.25) is 0 Å². The van der Waals surface area contributed by atoms with Crippen molar-refractivity contribution in [2.24, 2.45) is 0 Å². The molecule has 0 fully saturated rings. The molecule has 164 valence electrons. The van der Waals surface area contributed by atoms with Gasteiger partial charge in [-0.25, -0.2) is 4.79 Å². The van der Waals surface area contributed by atoms with Crippen LogP contribution in [-0.2, 0) is 17.5 Å². The fraction of sp³-hybridized carbons (Fsp3) is 0.421. The van der Waals surface area contributed by atoms with Crippen LogP contribution in [0.15, 0.2) is 38.8 Å². The van der Waals surface area contributed by atoms with E-state index in [4.69, 9.17) is 5.73 Å². The highest BCUT2D eigenvalue weighted by molar-refractivity contribution is 8.00. The van der Waals surface area contributed by atoms with Crippen LogP contribution in [0.4, 0.5) is 24.7 Å². The number of nitrogens with zero attached hydrogens (tertiary/aromatic N) is 2. The Kier molecular flexibility index (Phi) is 7.77. The Balaban J connectivity index is 2.27. The van der Waals surface area contributed by atoms with E-state index in [1.807, 2.05) is 6.92 Å². The number of benzene rings is 1. The summed E-state index contributed by atoms with van der Waals surface area (Å²) in [4.78, 5) is 40.7. The smallest absolute Gasteiger partial charge is 0.383 e. The molecule has 1 amide bonds. The number of nitrogens with one attached hydrogen (secondary N) is 1. The molecule has 2 rings (SSSR count). The van der Waals surface area contributed by atoms with Crippen LogP contribution in [0, 0.1) is 0 Å². The molecular weight excluding hydrogens is 421 g/mol. The molecule has 0 atom stereocenters. The second kappa shape index (κ2) is 9.88. The first-order valence-corrected chi connectivity index (χ1v) is 10.3. The SMILES string of the molecule is CCCCn1c(N)c(N(CC)C(=O)CSc2cccc(C(F)(F)F)c2)c(=O)[nH]c1=O. The summed E-state index contributed by atoms with van der Waals surface area (Å²) in [6.07, 6.45) is -3.03. The summed E-state index contributed by atoms with van der Waals surface area (Å²) < 4.78 is 39.8. The lowest BCUT2D eigenvalue weighted by atomic mass is 10.2. The molecule has 2 aromatic rings. The number of aromatic nitrogens is 2. The number of alkyl halides is 3. The zero-order valence-electron chi connectivity index (χ0n) is 16.6. The van der Waals surface area contributed by atoms with Gasteiger partial charge in [0.1, 0.15) is 5.82 Å². The Labute approximate surface area is 175 Å². The van der Waals surface area contributed by atoms with Gasteiger partial charge >= 0.3 is 11.9 Å². The number of halogens is 3. The molecule has 0 radical (unpaired) electrons. The highest BCUT2D eigenvalue weighted by Crippen LogP contribution is 2.32. The first kappa shape index (κ1) is 23.6. The third-order valence-corrected chi connectivity index (χ3v) is 5.34. The first-order chi connectivity index (χ1) is 14.1. The Bertz CT molecular complexity index is 1020. The molecule has 0 aliphatic rings. The average molecular weight is 444 g/mol. The van der Waals surface area contributed by atoms with Gasteiger partial charge in [-0.3, -0.25) is 19.1 Å². The van der Waals surface area contributed by atoms with Gasteiger partial charge < -0.3 is 10.6 Å². The normalized spacial score (nSPS) is 11.5. The number of carbonyl (C=O) groups excluding carboxylic acids is 1. The number of amides is 1.